The Balaban J connectivity index is 1.52. The first-order chi connectivity index (χ1) is 18.9. The number of nitrogens with one attached hydrogen (secondary N) is 1. The molecule has 4 rings (SSSR count). The predicted molar refractivity (Wildman–Crippen MR) is 146 cm³/mol. The van der Waals surface area contributed by atoms with E-state index < -0.39 is 46.2 Å². The van der Waals surface area contributed by atoms with Gasteiger partial charge in [-0.05, 0) is 53.9 Å². The molecule has 1 aliphatic rings. The van der Waals surface area contributed by atoms with Gasteiger partial charge in [-0.25, -0.2) is 8.42 Å². The normalized spacial score (nSPS) is 17.7. The molecule has 0 saturated heterocycles. The molecule has 0 fully saturated rings. The molecular formula is C29H29ClF3NO5S. The number of hydrogen-bond donors (Lipinski definition) is 2. The van der Waals surface area contributed by atoms with Gasteiger partial charge in [-0.1, -0.05) is 49.7 Å². The van der Waals surface area contributed by atoms with Gasteiger partial charge in [0.2, 0.25) is 0 Å². The van der Waals surface area contributed by atoms with Gasteiger partial charge in [0.05, 0.1) is 28.9 Å². The van der Waals surface area contributed by atoms with Crippen molar-refractivity contribution in [3.8, 4) is 5.75 Å². The highest BCUT2D eigenvalue weighted by atomic mass is 35.5. The number of aliphatic hydroxyl groups is 1. The molecule has 3 aromatic carbocycles. The highest BCUT2D eigenvalue weighted by Gasteiger charge is 2.38. The Morgan fingerprint density at radius 3 is 2.38 bits per heavy atom. The molecule has 2 N–H and O–H groups in total. The van der Waals surface area contributed by atoms with E-state index in [4.69, 9.17) is 16.3 Å². The molecular weight excluding hydrogens is 567 g/mol. The van der Waals surface area contributed by atoms with Crippen LogP contribution in [0.2, 0.25) is 5.02 Å². The van der Waals surface area contributed by atoms with Crippen LogP contribution in [-0.2, 0) is 22.4 Å². The van der Waals surface area contributed by atoms with Crippen LogP contribution in [0.4, 0.5) is 13.2 Å². The number of ether oxygens (including phenoxy) is 1. The van der Waals surface area contributed by atoms with Crippen molar-refractivity contribution in [2.75, 3.05) is 12.4 Å². The number of amides is 1. The van der Waals surface area contributed by atoms with Gasteiger partial charge in [0, 0.05) is 28.5 Å². The van der Waals surface area contributed by atoms with Crippen LogP contribution in [0, 0.1) is 0 Å². The maximum Gasteiger partial charge on any atom is 0.416 e. The average Bonchev–Trinajstić information content (AvgIpc) is 3.28. The second-order valence-electron chi connectivity index (χ2n) is 9.61. The molecule has 214 valence electrons. The van der Waals surface area contributed by atoms with Crippen LogP contribution in [0.5, 0.6) is 5.75 Å². The van der Waals surface area contributed by atoms with Gasteiger partial charge < -0.3 is 15.2 Å². The number of carbonyl (C=O) groups is 1. The number of alkyl halides is 3. The molecule has 0 radical (unpaired) electrons. The Labute approximate surface area is 236 Å². The lowest BCUT2D eigenvalue weighted by atomic mass is 9.88. The first kappa shape index (κ1) is 29.9. The summed E-state index contributed by atoms with van der Waals surface area (Å²) in [6.45, 7) is 3.05. The van der Waals surface area contributed by atoms with Crippen LogP contribution in [0.25, 0.3) is 0 Å². The molecule has 0 spiro atoms. The SMILES string of the molecule is CCC1c2ccc(C(=O)N[C@@H](CO)c3ccc(S(=O)(=O)CC)cc3)cc2OC1Cc1ccc(Cl)cc1C(F)(F)F. The van der Waals surface area contributed by atoms with Crippen molar-refractivity contribution in [1.29, 1.82) is 0 Å². The number of hydrogen-bond acceptors (Lipinski definition) is 5. The van der Waals surface area contributed by atoms with Gasteiger partial charge in [-0.2, -0.15) is 13.2 Å². The molecule has 2 unspecified atom stereocenters. The van der Waals surface area contributed by atoms with Crippen molar-refractivity contribution in [3.05, 3.63) is 93.5 Å². The van der Waals surface area contributed by atoms with Crippen LogP contribution < -0.4 is 10.1 Å². The second kappa shape index (κ2) is 11.8. The summed E-state index contributed by atoms with van der Waals surface area (Å²) in [6, 6.07) is 13.7. The molecule has 1 heterocycles. The topological polar surface area (TPSA) is 92.7 Å². The minimum absolute atomic E-state index is 0.00230. The lowest BCUT2D eigenvalue weighted by Crippen LogP contribution is -2.30. The zero-order valence-corrected chi connectivity index (χ0v) is 23.4. The summed E-state index contributed by atoms with van der Waals surface area (Å²) >= 11 is 5.82. The second-order valence-corrected chi connectivity index (χ2v) is 12.3. The Bertz CT molecular complexity index is 1490. The molecule has 1 amide bonds. The predicted octanol–water partition coefficient (Wildman–Crippen LogP) is 6.11. The van der Waals surface area contributed by atoms with Crippen molar-refractivity contribution in [2.45, 2.75) is 55.8 Å². The zero-order chi connectivity index (χ0) is 29.2. The first-order valence-electron chi connectivity index (χ1n) is 12.8. The lowest BCUT2D eigenvalue weighted by Gasteiger charge is -2.20. The van der Waals surface area contributed by atoms with Crippen LogP contribution >= 0.6 is 11.6 Å². The number of benzene rings is 3. The third kappa shape index (κ3) is 6.29. The Morgan fingerprint density at radius 1 is 1.07 bits per heavy atom. The monoisotopic (exact) mass is 595 g/mol. The third-order valence-corrected chi connectivity index (χ3v) is 9.14. The number of fused-ring (bicyclic) bond motifs is 1. The summed E-state index contributed by atoms with van der Waals surface area (Å²) in [4.78, 5) is 13.2. The lowest BCUT2D eigenvalue weighted by molar-refractivity contribution is -0.138. The summed E-state index contributed by atoms with van der Waals surface area (Å²) in [5.41, 5.74) is 0.857. The van der Waals surface area contributed by atoms with Gasteiger partial charge in [0.15, 0.2) is 9.84 Å². The summed E-state index contributed by atoms with van der Waals surface area (Å²) in [7, 11) is -3.39. The van der Waals surface area contributed by atoms with Crippen molar-refractivity contribution >= 4 is 27.3 Å². The van der Waals surface area contributed by atoms with Gasteiger partial charge in [0.1, 0.15) is 11.9 Å². The first-order valence-corrected chi connectivity index (χ1v) is 14.8. The highest BCUT2D eigenvalue weighted by molar-refractivity contribution is 7.91. The summed E-state index contributed by atoms with van der Waals surface area (Å²) in [5, 5.41) is 12.6. The molecule has 6 nitrogen and oxygen atoms in total. The van der Waals surface area contributed by atoms with E-state index in [1.54, 1.807) is 25.1 Å². The van der Waals surface area contributed by atoms with E-state index in [9.17, 15) is 31.5 Å². The van der Waals surface area contributed by atoms with E-state index in [0.29, 0.717) is 17.7 Å². The average molecular weight is 596 g/mol. The van der Waals surface area contributed by atoms with Gasteiger partial charge >= 0.3 is 6.18 Å². The minimum Gasteiger partial charge on any atom is -0.489 e. The zero-order valence-electron chi connectivity index (χ0n) is 21.8. The molecule has 40 heavy (non-hydrogen) atoms. The number of sulfone groups is 1. The molecule has 3 aromatic rings. The fraction of sp³-hybridized carbons (Fsp3) is 0.345. The Hall–Kier alpha value is -3.08. The van der Waals surface area contributed by atoms with Gasteiger partial charge in [-0.15, -0.1) is 0 Å². The number of rotatable bonds is 9. The standard InChI is InChI=1S/C29H29ClF3NO5S/c1-3-22-23-12-8-19(28(36)34-25(16-35)17-6-10-21(11-7-17)40(37,38)4-2)14-27(23)39-26(22)13-18-5-9-20(30)15-24(18)29(31,32)33/h5-12,14-15,22,25-26,35H,3-4,13,16H2,1-2H3,(H,34,36)/t22?,25-,26?/m0/s1. The van der Waals surface area contributed by atoms with Crippen LogP contribution in [0.1, 0.15) is 64.8 Å². The van der Waals surface area contributed by atoms with Gasteiger partial charge in [0.25, 0.3) is 5.91 Å². The van der Waals surface area contributed by atoms with Crippen molar-refractivity contribution < 1.29 is 36.2 Å². The maximum absolute atomic E-state index is 13.6. The van der Waals surface area contributed by atoms with Crippen LogP contribution in [0.3, 0.4) is 0 Å². The van der Waals surface area contributed by atoms with Crippen LogP contribution in [0.15, 0.2) is 65.6 Å². The van der Waals surface area contributed by atoms with Crippen molar-refractivity contribution in [3.63, 3.8) is 0 Å². The quantitative estimate of drug-likeness (QED) is 0.311. The highest BCUT2D eigenvalue weighted by Crippen LogP contribution is 2.43. The van der Waals surface area contributed by atoms with Crippen molar-refractivity contribution in [2.24, 2.45) is 0 Å². The smallest absolute Gasteiger partial charge is 0.416 e. The molecule has 0 aliphatic carbocycles. The number of carbonyl (C=O) groups excluding carboxylic acids is 1. The molecule has 0 bridgehead atoms. The van der Waals surface area contributed by atoms with Crippen LogP contribution in [-0.4, -0.2) is 37.9 Å². The Kier molecular flexibility index (Phi) is 8.82. The fourth-order valence-corrected chi connectivity index (χ4v) is 6.01. The van der Waals surface area contributed by atoms with E-state index in [1.807, 2.05) is 6.92 Å². The summed E-state index contributed by atoms with van der Waals surface area (Å²) in [6.07, 6.45) is -4.50. The van der Waals surface area contributed by atoms with E-state index in [-0.39, 0.29) is 39.1 Å². The van der Waals surface area contributed by atoms with E-state index in [2.05, 4.69) is 5.32 Å². The molecule has 0 aromatic heterocycles. The molecule has 1 aliphatic heterocycles. The molecule has 11 heteroatoms. The maximum atomic E-state index is 13.6. The van der Waals surface area contributed by atoms with Gasteiger partial charge in [-0.3, -0.25) is 4.79 Å². The number of aliphatic hydroxyl groups excluding tert-OH is 1. The Morgan fingerprint density at radius 2 is 1.77 bits per heavy atom. The molecule has 0 saturated carbocycles. The third-order valence-electron chi connectivity index (χ3n) is 7.15. The largest absolute Gasteiger partial charge is 0.489 e. The van der Waals surface area contributed by atoms with Crippen molar-refractivity contribution in [1.82, 2.24) is 5.32 Å². The van der Waals surface area contributed by atoms with E-state index in [1.165, 1.54) is 36.4 Å². The summed E-state index contributed by atoms with van der Waals surface area (Å²) < 4.78 is 71.1. The fourth-order valence-electron chi connectivity index (χ4n) is 4.95. The minimum atomic E-state index is -4.56. The van der Waals surface area contributed by atoms with E-state index in [0.717, 1.165) is 11.6 Å². The number of halogens is 4. The summed E-state index contributed by atoms with van der Waals surface area (Å²) in [5.74, 6) is -0.298. The molecule has 3 atom stereocenters. The van der Waals surface area contributed by atoms with E-state index >= 15 is 0 Å².